The van der Waals surface area contributed by atoms with E-state index in [1.165, 1.54) is 12.8 Å². The lowest BCUT2D eigenvalue weighted by molar-refractivity contribution is 0.112. The molecule has 86 valence electrons. The number of anilines is 1. The number of rotatable bonds is 3. The Balaban J connectivity index is 2.37. The molecule has 1 aromatic carbocycles. The second-order valence-corrected chi connectivity index (χ2v) is 4.66. The third-order valence-electron chi connectivity index (χ3n) is 3.28. The topological polar surface area (TPSA) is 20.3 Å². The molecule has 16 heavy (non-hydrogen) atoms. The maximum absolute atomic E-state index is 11.0. The van der Waals surface area contributed by atoms with Crippen molar-refractivity contribution in [2.75, 3.05) is 11.4 Å². The van der Waals surface area contributed by atoms with Crippen LogP contribution in [-0.2, 0) is 0 Å². The van der Waals surface area contributed by atoms with Gasteiger partial charge in [-0.05, 0) is 37.5 Å². The fourth-order valence-electron chi connectivity index (χ4n) is 2.44. The largest absolute Gasteiger partial charge is 0.368 e. The van der Waals surface area contributed by atoms with Crippen LogP contribution in [0, 0.1) is 0 Å². The summed E-state index contributed by atoms with van der Waals surface area (Å²) in [4.78, 5) is 13.3. The molecule has 0 bridgehead atoms. The van der Waals surface area contributed by atoms with Crippen LogP contribution in [0.3, 0.4) is 0 Å². The van der Waals surface area contributed by atoms with Gasteiger partial charge in [-0.1, -0.05) is 18.5 Å². The molecular weight excluding hydrogens is 222 g/mol. The molecule has 2 rings (SSSR count). The van der Waals surface area contributed by atoms with E-state index in [0.29, 0.717) is 11.1 Å². The van der Waals surface area contributed by atoms with Crippen molar-refractivity contribution < 1.29 is 4.79 Å². The SMILES string of the molecule is CCC1CCCN1c1cc(Cl)ccc1C=O. The summed E-state index contributed by atoms with van der Waals surface area (Å²) in [7, 11) is 0. The van der Waals surface area contributed by atoms with Crippen LogP contribution >= 0.6 is 11.6 Å². The van der Waals surface area contributed by atoms with E-state index >= 15 is 0 Å². The molecule has 0 saturated carbocycles. The van der Waals surface area contributed by atoms with E-state index < -0.39 is 0 Å². The highest BCUT2D eigenvalue weighted by Gasteiger charge is 2.24. The van der Waals surface area contributed by atoms with E-state index in [2.05, 4.69) is 11.8 Å². The molecule has 0 spiro atoms. The minimum atomic E-state index is 0.553. The third-order valence-corrected chi connectivity index (χ3v) is 3.51. The van der Waals surface area contributed by atoms with Crippen LogP contribution in [0.1, 0.15) is 36.5 Å². The molecule has 0 radical (unpaired) electrons. The molecule has 1 atom stereocenters. The quantitative estimate of drug-likeness (QED) is 0.750. The zero-order valence-corrected chi connectivity index (χ0v) is 10.2. The molecule has 1 aliphatic rings. The van der Waals surface area contributed by atoms with Gasteiger partial charge in [-0.25, -0.2) is 0 Å². The van der Waals surface area contributed by atoms with Crippen LogP contribution in [0.15, 0.2) is 18.2 Å². The van der Waals surface area contributed by atoms with Gasteiger partial charge in [0.25, 0.3) is 0 Å². The van der Waals surface area contributed by atoms with E-state index in [0.717, 1.165) is 30.5 Å². The van der Waals surface area contributed by atoms with Gasteiger partial charge in [0.15, 0.2) is 6.29 Å². The average Bonchev–Trinajstić information content (AvgIpc) is 2.76. The lowest BCUT2D eigenvalue weighted by atomic mass is 10.1. The van der Waals surface area contributed by atoms with Crippen molar-refractivity contribution in [2.45, 2.75) is 32.2 Å². The second-order valence-electron chi connectivity index (χ2n) is 4.22. The summed E-state index contributed by atoms with van der Waals surface area (Å²) in [5.74, 6) is 0. The summed E-state index contributed by atoms with van der Waals surface area (Å²) in [6.07, 6.45) is 4.44. The van der Waals surface area contributed by atoms with Crippen LogP contribution < -0.4 is 4.90 Å². The van der Waals surface area contributed by atoms with Crippen molar-refractivity contribution >= 4 is 23.6 Å². The Morgan fingerprint density at radius 2 is 2.38 bits per heavy atom. The molecule has 1 saturated heterocycles. The lowest BCUT2D eigenvalue weighted by Crippen LogP contribution is -2.29. The highest BCUT2D eigenvalue weighted by molar-refractivity contribution is 6.31. The first kappa shape index (κ1) is 11.5. The number of halogens is 1. The Bertz CT molecular complexity index is 392. The van der Waals surface area contributed by atoms with Gasteiger partial charge in [-0.2, -0.15) is 0 Å². The van der Waals surface area contributed by atoms with Crippen molar-refractivity contribution in [3.05, 3.63) is 28.8 Å². The fraction of sp³-hybridized carbons (Fsp3) is 0.462. The number of benzene rings is 1. The van der Waals surface area contributed by atoms with Gasteiger partial charge >= 0.3 is 0 Å². The number of nitrogens with zero attached hydrogens (tertiary/aromatic N) is 1. The van der Waals surface area contributed by atoms with Gasteiger partial charge in [-0.3, -0.25) is 4.79 Å². The molecule has 1 aromatic rings. The summed E-state index contributed by atoms with van der Waals surface area (Å²) in [6, 6.07) is 6.03. The number of carbonyl (C=O) groups excluding carboxylic acids is 1. The van der Waals surface area contributed by atoms with E-state index in [4.69, 9.17) is 11.6 Å². The second kappa shape index (κ2) is 4.88. The third kappa shape index (κ3) is 2.07. The van der Waals surface area contributed by atoms with Gasteiger partial charge in [0.05, 0.1) is 0 Å². The molecular formula is C13H16ClNO. The zero-order chi connectivity index (χ0) is 11.5. The van der Waals surface area contributed by atoms with Crippen LogP contribution in [0.25, 0.3) is 0 Å². The maximum Gasteiger partial charge on any atom is 0.152 e. The Morgan fingerprint density at radius 1 is 1.56 bits per heavy atom. The lowest BCUT2D eigenvalue weighted by Gasteiger charge is -2.27. The smallest absolute Gasteiger partial charge is 0.152 e. The Hall–Kier alpha value is -1.02. The zero-order valence-electron chi connectivity index (χ0n) is 9.45. The van der Waals surface area contributed by atoms with Crippen LogP contribution in [0.2, 0.25) is 5.02 Å². The van der Waals surface area contributed by atoms with E-state index in [1.807, 2.05) is 6.07 Å². The van der Waals surface area contributed by atoms with Crippen molar-refractivity contribution in [2.24, 2.45) is 0 Å². The van der Waals surface area contributed by atoms with Crippen molar-refractivity contribution in [3.8, 4) is 0 Å². The molecule has 0 N–H and O–H groups in total. The summed E-state index contributed by atoms with van der Waals surface area (Å²) in [5.41, 5.74) is 1.73. The van der Waals surface area contributed by atoms with Crippen LogP contribution in [0.5, 0.6) is 0 Å². The van der Waals surface area contributed by atoms with Gasteiger partial charge < -0.3 is 4.90 Å². The first-order valence-corrected chi connectivity index (χ1v) is 6.15. The van der Waals surface area contributed by atoms with Gasteiger partial charge in [0.1, 0.15) is 0 Å². The number of carbonyl (C=O) groups is 1. The van der Waals surface area contributed by atoms with E-state index in [1.54, 1.807) is 12.1 Å². The molecule has 1 aliphatic heterocycles. The van der Waals surface area contributed by atoms with Crippen molar-refractivity contribution in [1.29, 1.82) is 0 Å². The summed E-state index contributed by atoms with van der Waals surface area (Å²) in [5, 5.41) is 0.697. The van der Waals surface area contributed by atoms with Crippen LogP contribution in [0.4, 0.5) is 5.69 Å². The Labute approximate surface area is 101 Å². The summed E-state index contributed by atoms with van der Waals surface area (Å²) >= 11 is 6.00. The van der Waals surface area contributed by atoms with Crippen molar-refractivity contribution in [1.82, 2.24) is 0 Å². The number of hydrogen-bond acceptors (Lipinski definition) is 2. The van der Waals surface area contributed by atoms with Gasteiger partial charge in [0.2, 0.25) is 0 Å². The normalized spacial score (nSPS) is 20.1. The molecule has 2 nitrogen and oxygen atoms in total. The maximum atomic E-state index is 11.0. The molecule has 0 aromatic heterocycles. The molecule has 1 unspecified atom stereocenters. The minimum absolute atomic E-state index is 0.553. The van der Waals surface area contributed by atoms with Crippen LogP contribution in [-0.4, -0.2) is 18.9 Å². The molecule has 0 amide bonds. The van der Waals surface area contributed by atoms with E-state index in [9.17, 15) is 4.79 Å². The Morgan fingerprint density at radius 3 is 3.06 bits per heavy atom. The highest BCUT2D eigenvalue weighted by atomic mass is 35.5. The number of hydrogen-bond donors (Lipinski definition) is 0. The van der Waals surface area contributed by atoms with Gasteiger partial charge in [0, 0.05) is 28.9 Å². The number of aldehydes is 1. The monoisotopic (exact) mass is 237 g/mol. The molecule has 1 heterocycles. The molecule has 1 fully saturated rings. The highest BCUT2D eigenvalue weighted by Crippen LogP contribution is 2.31. The average molecular weight is 238 g/mol. The van der Waals surface area contributed by atoms with Gasteiger partial charge in [-0.15, -0.1) is 0 Å². The standard InChI is InChI=1S/C13H16ClNO/c1-2-12-4-3-7-15(12)13-8-11(14)6-5-10(13)9-16/h5-6,8-9,12H,2-4,7H2,1H3. The Kier molecular flexibility index (Phi) is 3.49. The van der Waals surface area contributed by atoms with Crippen molar-refractivity contribution in [3.63, 3.8) is 0 Å². The van der Waals surface area contributed by atoms with E-state index in [-0.39, 0.29) is 0 Å². The minimum Gasteiger partial charge on any atom is -0.368 e. The first-order valence-electron chi connectivity index (χ1n) is 5.77. The summed E-state index contributed by atoms with van der Waals surface area (Å²) in [6.45, 7) is 3.22. The predicted octanol–water partition coefficient (Wildman–Crippen LogP) is 3.53. The predicted molar refractivity (Wildman–Crippen MR) is 67.5 cm³/mol. The fourth-order valence-corrected chi connectivity index (χ4v) is 2.61. The first-order chi connectivity index (χ1) is 7.76. The molecule has 3 heteroatoms. The molecule has 0 aliphatic carbocycles. The summed E-state index contributed by atoms with van der Waals surface area (Å²) < 4.78 is 0.